The second-order valence-corrected chi connectivity index (χ2v) is 8.85. The molecule has 0 radical (unpaired) electrons. The predicted octanol–water partition coefficient (Wildman–Crippen LogP) is 4.68. The number of piperidine rings is 1. The summed E-state index contributed by atoms with van der Waals surface area (Å²) in [5.41, 5.74) is 3.78. The van der Waals surface area contributed by atoms with Crippen molar-refractivity contribution in [1.82, 2.24) is 20.1 Å². The fourth-order valence-electron chi connectivity index (χ4n) is 4.70. The summed E-state index contributed by atoms with van der Waals surface area (Å²) in [7, 11) is 1.82. The molecule has 9 heteroatoms. The maximum Gasteiger partial charge on any atom is 0.330 e. The van der Waals surface area contributed by atoms with Crippen LogP contribution in [0, 0.1) is 17.2 Å². The number of amides is 1. The van der Waals surface area contributed by atoms with Gasteiger partial charge in [-0.05, 0) is 43.2 Å². The molecule has 1 aliphatic rings. The molecule has 1 amide bonds. The van der Waals surface area contributed by atoms with Crippen molar-refractivity contribution < 1.29 is 13.6 Å². The Bertz CT molecular complexity index is 1420. The minimum absolute atomic E-state index is 0.0798. The molecule has 1 fully saturated rings. The minimum atomic E-state index is -3.36. The number of halogens is 2. The smallest absolute Gasteiger partial charge is 0.330 e. The average Bonchev–Trinajstić information content (AvgIpc) is 3.50. The summed E-state index contributed by atoms with van der Waals surface area (Å²) in [6.45, 7) is 0.685. The van der Waals surface area contributed by atoms with E-state index in [-0.39, 0.29) is 12.1 Å². The predicted molar refractivity (Wildman–Crippen MR) is 129 cm³/mol. The third-order valence-electron chi connectivity index (χ3n) is 6.50. The van der Waals surface area contributed by atoms with E-state index in [1.807, 2.05) is 35.6 Å². The molecule has 0 unspecified atom stereocenters. The molecule has 1 aliphatic heterocycles. The zero-order valence-electron chi connectivity index (χ0n) is 19.1. The van der Waals surface area contributed by atoms with E-state index in [2.05, 4.69) is 16.2 Å². The molecule has 1 saturated heterocycles. The molecular formula is C26H24F2N6O. The molecule has 178 valence electrons. The van der Waals surface area contributed by atoms with E-state index in [0.717, 1.165) is 22.3 Å². The van der Waals surface area contributed by atoms with Crippen molar-refractivity contribution in [2.45, 2.75) is 18.9 Å². The zero-order valence-corrected chi connectivity index (χ0v) is 19.1. The van der Waals surface area contributed by atoms with Crippen LogP contribution in [-0.2, 0) is 7.05 Å². The fraction of sp³-hybridized carbons (Fsp3) is 0.269. The van der Waals surface area contributed by atoms with Crippen molar-refractivity contribution >= 4 is 22.5 Å². The molecular weight excluding hydrogens is 450 g/mol. The number of carbonyl (C=O) groups is 1. The number of aromatic nitrogens is 3. The van der Waals surface area contributed by atoms with Gasteiger partial charge in [0.15, 0.2) is 0 Å². The van der Waals surface area contributed by atoms with Crippen LogP contribution in [-0.4, -0.2) is 39.8 Å². The lowest BCUT2D eigenvalue weighted by atomic mass is 9.94. The highest BCUT2D eigenvalue weighted by Gasteiger charge is 2.43. The first-order valence-corrected chi connectivity index (χ1v) is 11.4. The monoisotopic (exact) mass is 474 g/mol. The van der Waals surface area contributed by atoms with Crippen LogP contribution in [0.15, 0.2) is 60.9 Å². The molecule has 3 heterocycles. The van der Waals surface area contributed by atoms with Crippen LogP contribution in [0.5, 0.6) is 0 Å². The molecule has 2 N–H and O–H groups in total. The van der Waals surface area contributed by atoms with Gasteiger partial charge < -0.3 is 9.88 Å². The highest BCUT2D eigenvalue weighted by molar-refractivity contribution is 5.99. The lowest BCUT2D eigenvalue weighted by Crippen LogP contribution is -2.52. The van der Waals surface area contributed by atoms with Crippen LogP contribution in [0.3, 0.4) is 0 Å². The van der Waals surface area contributed by atoms with Gasteiger partial charge in [0.25, 0.3) is 5.91 Å². The van der Waals surface area contributed by atoms with Crippen molar-refractivity contribution in [1.29, 1.82) is 5.26 Å². The summed E-state index contributed by atoms with van der Waals surface area (Å²) in [6.07, 6.45) is 4.45. The van der Waals surface area contributed by atoms with Gasteiger partial charge in [-0.2, -0.15) is 19.1 Å². The lowest BCUT2D eigenvalue weighted by Gasteiger charge is -2.38. The van der Waals surface area contributed by atoms with Gasteiger partial charge in [0.05, 0.1) is 23.2 Å². The molecule has 2 aromatic heterocycles. The third kappa shape index (κ3) is 4.35. The Kier molecular flexibility index (Phi) is 5.73. The minimum Gasteiger partial charge on any atom is -0.370 e. The third-order valence-corrected chi connectivity index (χ3v) is 6.50. The number of carbonyl (C=O) groups excluding carboxylic acids is 1. The number of aryl methyl sites for hydroxylation is 1. The second-order valence-electron chi connectivity index (χ2n) is 8.85. The Balaban J connectivity index is 1.43. The number of nitrogens with one attached hydrogen (secondary N) is 2. The molecule has 0 spiro atoms. The number of hydrogen-bond donors (Lipinski definition) is 2. The number of hydrogen-bond acceptors (Lipinski definition) is 4. The van der Waals surface area contributed by atoms with Crippen molar-refractivity contribution in [2.75, 3.05) is 18.0 Å². The average molecular weight is 475 g/mol. The van der Waals surface area contributed by atoms with E-state index in [0.29, 0.717) is 30.5 Å². The van der Waals surface area contributed by atoms with Gasteiger partial charge in [0, 0.05) is 54.2 Å². The van der Waals surface area contributed by atoms with Gasteiger partial charge >= 0.3 is 6.05 Å². The Hall–Kier alpha value is -4.19. The number of rotatable bonds is 5. The van der Waals surface area contributed by atoms with Crippen LogP contribution in [0.4, 0.5) is 14.5 Å². The van der Waals surface area contributed by atoms with Gasteiger partial charge in [-0.3, -0.25) is 14.8 Å². The SMILES string of the molecule is Cn1cc(-c2cc3c(N4CCC[C@@H](C(F)(F)NC(=O)c5ccccc5)C4)ccc(C#N)c3[nH]2)cn1. The van der Waals surface area contributed by atoms with E-state index in [1.165, 1.54) is 12.1 Å². The van der Waals surface area contributed by atoms with Gasteiger partial charge in [0.1, 0.15) is 6.07 Å². The number of aromatic amines is 1. The summed E-state index contributed by atoms with van der Waals surface area (Å²) in [5.74, 6) is -1.84. The quantitative estimate of drug-likeness (QED) is 0.411. The highest BCUT2D eigenvalue weighted by atomic mass is 19.3. The molecule has 7 nitrogen and oxygen atoms in total. The molecule has 0 bridgehead atoms. The summed E-state index contributed by atoms with van der Waals surface area (Å²) in [5, 5.41) is 16.5. The van der Waals surface area contributed by atoms with Crippen molar-refractivity contribution in [2.24, 2.45) is 13.0 Å². The van der Waals surface area contributed by atoms with Crippen LogP contribution < -0.4 is 10.2 Å². The maximum atomic E-state index is 15.2. The first-order valence-electron chi connectivity index (χ1n) is 11.4. The number of fused-ring (bicyclic) bond motifs is 1. The summed E-state index contributed by atoms with van der Waals surface area (Å²) < 4.78 is 32.0. The summed E-state index contributed by atoms with van der Waals surface area (Å²) in [4.78, 5) is 17.6. The standard InChI is InChI=1S/C26H24F2N6O/c1-33-15-19(14-30-33)22-12-21-23(10-9-18(13-29)24(21)31-22)34-11-5-8-20(16-34)26(27,28)32-25(35)17-6-3-2-4-7-17/h2-4,6-7,9-10,12,14-15,20,31H,5,8,11,16H2,1H3,(H,32,35)/t20-/m1/s1. The number of benzene rings is 2. The van der Waals surface area contributed by atoms with Gasteiger partial charge in [-0.25, -0.2) is 0 Å². The number of H-pyrrole nitrogens is 1. The first kappa shape index (κ1) is 22.6. The first-order chi connectivity index (χ1) is 16.9. The summed E-state index contributed by atoms with van der Waals surface area (Å²) >= 11 is 0. The Morgan fingerprint density at radius 3 is 2.77 bits per heavy atom. The largest absolute Gasteiger partial charge is 0.370 e. The molecule has 0 aliphatic carbocycles. The van der Waals surface area contributed by atoms with Crippen LogP contribution in [0.2, 0.25) is 0 Å². The van der Waals surface area contributed by atoms with Crippen molar-refractivity contribution in [3.63, 3.8) is 0 Å². The zero-order chi connectivity index (χ0) is 24.6. The number of nitrogens with zero attached hydrogens (tertiary/aromatic N) is 4. The number of nitriles is 1. The molecule has 5 rings (SSSR count). The Morgan fingerprint density at radius 1 is 1.26 bits per heavy atom. The van der Waals surface area contributed by atoms with Crippen molar-refractivity contribution in [3.05, 3.63) is 72.1 Å². The van der Waals surface area contributed by atoms with Gasteiger partial charge in [-0.1, -0.05) is 18.2 Å². The Morgan fingerprint density at radius 2 is 2.06 bits per heavy atom. The van der Waals surface area contributed by atoms with Crippen molar-refractivity contribution in [3.8, 4) is 17.3 Å². The molecule has 2 aromatic carbocycles. The highest BCUT2D eigenvalue weighted by Crippen LogP contribution is 2.37. The topological polar surface area (TPSA) is 89.7 Å². The molecule has 1 atom stereocenters. The van der Waals surface area contributed by atoms with Crippen LogP contribution >= 0.6 is 0 Å². The molecule has 4 aromatic rings. The van der Waals surface area contributed by atoms with E-state index in [4.69, 9.17) is 0 Å². The Labute approximate surface area is 201 Å². The number of alkyl halides is 2. The number of anilines is 1. The van der Waals surface area contributed by atoms with Gasteiger partial charge in [0.2, 0.25) is 0 Å². The van der Waals surface area contributed by atoms with E-state index in [9.17, 15) is 10.1 Å². The normalized spacial score (nSPS) is 16.3. The van der Waals surface area contributed by atoms with Crippen LogP contribution in [0.25, 0.3) is 22.2 Å². The second kappa shape index (κ2) is 8.87. The molecule has 0 saturated carbocycles. The lowest BCUT2D eigenvalue weighted by molar-refractivity contribution is -0.0833. The van der Waals surface area contributed by atoms with Gasteiger partial charge in [-0.15, -0.1) is 0 Å². The van der Waals surface area contributed by atoms with E-state index in [1.54, 1.807) is 35.1 Å². The van der Waals surface area contributed by atoms with E-state index >= 15 is 8.78 Å². The van der Waals surface area contributed by atoms with E-state index < -0.39 is 17.9 Å². The maximum absolute atomic E-state index is 15.2. The van der Waals surface area contributed by atoms with Crippen LogP contribution in [0.1, 0.15) is 28.8 Å². The summed E-state index contributed by atoms with van der Waals surface area (Å²) in [6, 6.07) is 12.3. The molecule has 35 heavy (non-hydrogen) atoms. The fourth-order valence-corrected chi connectivity index (χ4v) is 4.70.